The average molecular weight is 1000 g/mol. The number of carbonyl (C=O) groups is 2. The van der Waals surface area contributed by atoms with Crippen LogP contribution in [0, 0.1) is 0 Å². The van der Waals surface area contributed by atoms with Crippen LogP contribution in [0.2, 0.25) is 0 Å². The maximum atomic E-state index is 12.4. The molecular formula is C44H48CoN8O12S2. The number of ether oxygens (including phenoxy) is 2. The zero-order chi connectivity index (χ0) is 48.7. The number of azo groups is 2. The van der Waals surface area contributed by atoms with Crippen molar-refractivity contribution in [1.82, 2.24) is 9.44 Å². The Morgan fingerprint density at radius 2 is 0.851 bits per heavy atom. The first-order valence-corrected chi connectivity index (χ1v) is 22.7. The Morgan fingerprint density at radius 3 is 1.18 bits per heavy atom. The van der Waals surface area contributed by atoms with Crippen molar-refractivity contribution in [1.29, 1.82) is 0 Å². The number of fused-ring (bicyclic) bond motifs is 2. The van der Waals surface area contributed by atoms with Gasteiger partial charge >= 0.3 is 12.2 Å². The molecule has 0 aliphatic carbocycles. The number of benzene rings is 6. The molecule has 6 aromatic carbocycles. The van der Waals surface area contributed by atoms with Gasteiger partial charge in [-0.1, -0.05) is 24.3 Å². The Hall–Kier alpha value is -6.89. The van der Waals surface area contributed by atoms with Crippen LogP contribution in [0.4, 0.5) is 43.7 Å². The fourth-order valence-corrected chi connectivity index (χ4v) is 8.68. The Bertz CT molecular complexity index is 2890. The van der Waals surface area contributed by atoms with Gasteiger partial charge in [0.15, 0.2) is 0 Å². The monoisotopic (exact) mass is 1000 g/mol. The maximum Gasteiger partial charge on any atom is 0.413 e. The normalized spacial score (nSPS) is 11.7. The molecule has 0 aromatic heterocycles. The summed E-state index contributed by atoms with van der Waals surface area (Å²) in [4.78, 5) is 26.1. The second-order valence-corrected chi connectivity index (χ2v) is 18.4. The van der Waals surface area contributed by atoms with Gasteiger partial charge in [0.25, 0.3) is 0 Å². The molecule has 6 rings (SSSR count). The van der Waals surface area contributed by atoms with E-state index in [0.717, 1.165) is 0 Å². The second-order valence-electron chi connectivity index (χ2n) is 15.0. The summed E-state index contributed by atoms with van der Waals surface area (Å²) in [5.74, 6) is -0.941. The molecule has 0 spiro atoms. The van der Waals surface area contributed by atoms with E-state index >= 15 is 0 Å². The number of methoxy groups -OCH3 is 2. The summed E-state index contributed by atoms with van der Waals surface area (Å²) >= 11 is 0. The molecule has 0 fully saturated rings. The van der Waals surface area contributed by atoms with E-state index in [1.54, 1.807) is 76.2 Å². The first-order chi connectivity index (χ1) is 31.1. The van der Waals surface area contributed by atoms with E-state index < -0.39 is 32.2 Å². The van der Waals surface area contributed by atoms with E-state index in [-0.39, 0.29) is 84.4 Å². The number of nitrogens with one attached hydrogen (secondary N) is 2. The number of anilines is 2. The van der Waals surface area contributed by atoms with Gasteiger partial charge < -0.3 is 29.9 Å². The summed E-state index contributed by atoms with van der Waals surface area (Å²) in [5.41, 5.74) is 0.960. The summed E-state index contributed by atoms with van der Waals surface area (Å²) in [6.07, 6.45) is -1.15. The van der Waals surface area contributed by atoms with Gasteiger partial charge in [-0.3, -0.25) is 9.80 Å². The van der Waals surface area contributed by atoms with Crippen LogP contribution in [0.25, 0.3) is 21.5 Å². The zero-order valence-corrected chi connectivity index (χ0v) is 40.0. The molecule has 0 atom stereocenters. The average Bonchev–Trinajstić information content (AvgIpc) is 3.27. The molecule has 0 aliphatic heterocycles. The Balaban J connectivity index is 0.000000288. The maximum absolute atomic E-state index is 12.4. The van der Waals surface area contributed by atoms with Crippen molar-refractivity contribution in [2.45, 2.75) is 49.6 Å². The van der Waals surface area contributed by atoms with Crippen molar-refractivity contribution in [3.63, 3.8) is 0 Å². The van der Waals surface area contributed by atoms with Gasteiger partial charge in [0.2, 0.25) is 20.0 Å². The van der Waals surface area contributed by atoms with E-state index in [1.165, 1.54) is 86.6 Å². The van der Waals surface area contributed by atoms with Crippen molar-refractivity contribution < 1.29 is 73.1 Å². The fraction of sp³-hybridized carbons (Fsp3) is 0.227. The molecule has 357 valence electrons. The van der Waals surface area contributed by atoms with Crippen molar-refractivity contribution in [2.24, 2.45) is 20.5 Å². The quantitative estimate of drug-likeness (QED) is 0.0626. The summed E-state index contributed by atoms with van der Waals surface area (Å²) < 4.78 is 64.1. The van der Waals surface area contributed by atoms with Crippen LogP contribution in [0.5, 0.6) is 23.0 Å². The largest absolute Gasteiger partial charge is 0.506 e. The second kappa shape index (κ2) is 22.1. The third kappa shape index (κ3) is 12.7. The molecule has 0 saturated carbocycles. The van der Waals surface area contributed by atoms with Crippen LogP contribution in [0.15, 0.2) is 127 Å². The molecule has 0 saturated heterocycles. The van der Waals surface area contributed by atoms with Crippen LogP contribution in [0.3, 0.4) is 0 Å². The molecule has 1 radical (unpaired) electrons. The number of amides is 2. The number of hydrogen-bond acceptors (Lipinski definition) is 16. The molecule has 0 bridgehead atoms. The van der Waals surface area contributed by atoms with Crippen molar-refractivity contribution in [3.05, 3.63) is 97.1 Å². The van der Waals surface area contributed by atoms with Gasteiger partial charge in [0.1, 0.15) is 45.7 Å². The van der Waals surface area contributed by atoms with Crippen LogP contribution in [0.1, 0.15) is 27.7 Å². The minimum atomic E-state index is -3.81. The number of carbonyl (C=O) groups excluding carboxylic acids is 2. The van der Waals surface area contributed by atoms with Gasteiger partial charge in [0, 0.05) is 65.1 Å². The van der Waals surface area contributed by atoms with Gasteiger partial charge in [-0.25, -0.2) is 35.9 Å². The van der Waals surface area contributed by atoms with Crippen molar-refractivity contribution in [3.8, 4) is 23.0 Å². The van der Waals surface area contributed by atoms with Crippen LogP contribution >= 0.6 is 0 Å². The molecule has 2 amide bonds. The number of hydrogen-bond donors (Lipinski definition) is 6. The molecule has 23 heteroatoms. The molecule has 6 N–H and O–H groups in total. The summed E-state index contributed by atoms with van der Waals surface area (Å²) in [7, 11) is -2.02. The first-order valence-electron chi connectivity index (χ1n) is 19.8. The number of nitrogens with zero attached hydrogens (tertiary/aromatic N) is 6. The fourth-order valence-electron chi connectivity index (χ4n) is 6.14. The van der Waals surface area contributed by atoms with Crippen LogP contribution < -0.4 is 19.2 Å². The Labute approximate surface area is 396 Å². The molecular weight excluding hydrogens is 956 g/mol. The van der Waals surface area contributed by atoms with Crippen LogP contribution in [-0.4, -0.2) is 89.8 Å². The predicted octanol–water partition coefficient (Wildman–Crippen LogP) is 9.11. The number of aromatic hydroxyl groups is 4. The van der Waals surface area contributed by atoms with Crippen LogP contribution in [-0.2, 0) is 46.3 Å². The summed E-state index contributed by atoms with van der Waals surface area (Å²) in [6.45, 7) is 6.75. The van der Waals surface area contributed by atoms with E-state index in [1.807, 2.05) is 0 Å². The minimum Gasteiger partial charge on any atom is -0.506 e. The van der Waals surface area contributed by atoms with Gasteiger partial charge in [-0.2, -0.15) is 0 Å². The third-order valence-electron chi connectivity index (χ3n) is 9.39. The molecule has 0 aliphatic rings. The SMILES string of the molecule is COC(=O)N(C)c1ccc2ccc(O)c(N=Nc3cc(S(=O)(=O)NC(C)C)ccc3O)c2c1.COC(=O)N(C)c1ccc2ccc(O)c(N=Nc3cc(S(=O)(=O)NC(C)C)ccc3O)c2c1.[Co]. The molecule has 20 nitrogen and oxygen atoms in total. The van der Waals surface area contributed by atoms with E-state index in [0.29, 0.717) is 32.9 Å². The number of phenols is 4. The number of rotatable bonds is 12. The first kappa shape index (κ1) is 52.7. The van der Waals surface area contributed by atoms with E-state index in [2.05, 4.69) is 29.9 Å². The third-order valence-corrected chi connectivity index (χ3v) is 12.7. The van der Waals surface area contributed by atoms with Crippen molar-refractivity contribution >= 4 is 87.9 Å². The number of phenolic OH excluding ortho intramolecular Hbond substituents is 4. The zero-order valence-electron chi connectivity index (χ0n) is 37.3. The summed E-state index contributed by atoms with van der Waals surface area (Å²) in [6, 6.07) is 23.0. The predicted molar refractivity (Wildman–Crippen MR) is 248 cm³/mol. The van der Waals surface area contributed by atoms with E-state index in [4.69, 9.17) is 9.47 Å². The standard InChI is InChI=1S/2C22H24N4O6S.Co/c2*1-13(2)25-33(30,31)16-8-10-19(27)18(12-16)23-24-21-17-11-15(26(3)22(29)32-4)7-5-14(17)6-9-20(21)28;/h2*5-13,25,27-28H,1-4H3;. The topological polar surface area (TPSA) is 282 Å². The van der Waals surface area contributed by atoms with Gasteiger partial charge in [-0.15, -0.1) is 20.5 Å². The molecule has 0 unspecified atom stereocenters. The Morgan fingerprint density at radius 1 is 0.522 bits per heavy atom. The Kier molecular flexibility index (Phi) is 17.4. The summed E-state index contributed by atoms with van der Waals surface area (Å²) in [5, 5.41) is 59.6. The molecule has 67 heavy (non-hydrogen) atoms. The molecule has 0 heterocycles. The minimum absolute atomic E-state index is 0. The van der Waals surface area contributed by atoms with E-state index in [9.17, 15) is 46.9 Å². The van der Waals surface area contributed by atoms with Crippen molar-refractivity contribution in [2.75, 3.05) is 38.1 Å². The number of sulfonamides is 2. The smallest absolute Gasteiger partial charge is 0.413 e. The van der Waals surface area contributed by atoms with Gasteiger partial charge in [-0.05, 0) is 111 Å². The van der Waals surface area contributed by atoms with Gasteiger partial charge in [0.05, 0.1) is 24.0 Å². The molecule has 6 aromatic rings.